The molecule has 0 aliphatic carbocycles. The molecule has 2 nitrogen and oxygen atoms in total. The van der Waals surface area contributed by atoms with E-state index in [1.807, 2.05) is 0 Å². The summed E-state index contributed by atoms with van der Waals surface area (Å²) < 4.78 is 27.9. The lowest BCUT2D eigenvalue weighted by molar-refractivity contribution is -0.0407. The van der Waals surface area contributed by atoms with Gasteiger partial charge in [-0.2, -0.15) is 0 Å². The highest BCUT2D eigenvalue weighted by Gasteiger charge is 2.39. The van der Waals surface area contributed by atoms with Crippen molar-refractivity contribution in [3.05, 3.63) is 71.3 Å². The van der Waals surface area contributed by atoms with Gasteiger partial charge in [0.1, 0.15) is 11.6 Å². The predicted molar refractivity (Wildman–Crippen MR) is 86.1 cm³/mol. The van der Waals surface area contributed by atoms with Crippen LogP contribution in [-0.4, -0.2) is 23.8 Å². The molecule has 2 N–H and O–H groups in total. The average Bonchev–Trinajstić information content (AvgIpc) is 2.54. The van der Waals surface area contributed by atoms with Crippen LogP contribution in [0.3, 0.4) is 0 Å². The maximum atomic E-state index is 13.9. The Labute approximate surface area is 135 Å². The van der Waals surface area contributed by atoms with Crippen LogP contribution in [0.4, 0.5) is 8.78 Å². The van der Waals surface area contributed by atoms with Crippen molar-refractivity contribution < 1.29 is 13.9 Å². The molecule has 0 spiro atoms. The van der Waals surface area contributed by atoms with Crippen LogP contribution in [0.25, 0.3) is 0 Å². The van der Waals surface area contributed by atoms with Gasteiger partial charge in [-0.05, 0) is 42.6 Å². The summed E-state index contributed by atoms with van der Waals surface area (Å²) in [6, 6.07) is 13.2. The van der Waals surface area contributed by atoms with E-state index in [0.717, 1.165) is 0 Å². The summed E-state index contributed by atoms with van der Waals surface area (Å²) in [7, 11) is 0. The first-order chi connectivity index (χ1) is 11.1. The van der Waals surface area contributed by atoms with E-state index in [2.05, 4.69) is 5.32 Å². The van der Waals surface area contributed by atoms with Gasteiger partial charge in [-0.1, -0.05) is 36.4 Å². The molecule has 23 heavy (non-hydrogen) atoms. The highest BCUT2D eigenvalue weighted by atomic mass is 19.1. The molecule has 1 fully saturated rings. The van der Waals surface area contributed by atoms with Gasteiger partial charge in [-0.3, -0.25) is 0 Å². The van der Waals surface area contributed by atoms with E-state index >= 15 is 0 Å². The first-order valence-corrected chi connectivity index (χ1v) is 7.98. The normalized spacial score (nSPS) is 24.6. The first kappa shape index (κ1) is 16.1. The number of halogens is 2. The molecule has 2 atom stereocenters. The van der Waals surface area contributed by atoms with Crippen LogP contribution < -0.4 is 5.32 Å². The quantitative estimate of drug-likeness (QED) is 0.908. The Hall–Kier alpha value is -1.78. The highest BCUT2D eigenvalue weighted by molar-refractivity contribution is 5.22. The summed E-state index contributed by atoms with van der Waals surface area (Å²) in [5, 5.41) is 14.4. The monoisotopic (exact) mass is 317 g/mol. The van der Waals surface area contributed by atoms with Gasteiger partial charge in [0.2, 0.25) is 0 Å². The zero-order valence-electron chi connectivity index (χ0n) is 12.9. The van der Waals surface area contributed by atoms with Crippen molar-refractivity contribution in [3.8, 4) is 0 Å². The van der Waals surface area contributed by atoms with Crippen molar-refractivity contribution in [1.29, 1.82) is 0 Å². The Balaban J connectivity index is 1.83. The standard InChI is InChI=1S/C19H21F2NO/c20-17-7-3-1-5-14(17)11-16-13-22-10-9-19(16,23)12-15-6-2-4-8-18(15)21/h1-8,16,22-23H,9-13H2. The number of rotatable bonds is 4. The van der Waals surface area contributed by atoms with Crippen molar-refractivity contribution in [3.63, 3.8) is 0 Å². The fourth-order valence-electron chi connectivity index (χ4n) is 3.37. The summed E-state index contributed by atoms with van der Waals surface area (Å²) in [5.74, 6) is -0.719. The van der Waals surface area contributed by atoms with Crippen molar-refractivity contribution in [2.75, 3.05) is 13.1 Å². The lowest BCUT2D eigenvalue weighted by Gasteiger charge is -2.41. The maximum absolute atomic E-state index is 13.9. The van der Waals surface area contributed by atoms with E-state index in [-0.39, 0.29) is 24.0 Å². The zero-order valence-corrected chi connectivity index (χ0v) is 12.9. The number of hydrogen-bond donors (Lipinski definition) is 2. The maximum Gasteiger partial charge on any atom is 0.126 e. The third kappa shape index (κ3) is 3.59. The molecule has 2 aromatic rings. The summed E-state index contributed by atoms with van der Waals surface area (Å²) in [5.41, 5.74) is 0.0685. The van der Waals surface area contributed by atoms with E-state index in [1.54, 1.807) is 36.4 Å². The van der Waals surface area contributed by atoms with Gasteiger partial charge < -0.3 is 10.4 Å². The van der Waals surface area contributed by atoms with Gasteiger partial charge in [-0.15, -0.1) is 0 Å². The first-order valence-electron chi connectivity index (χ1n) is 7.98. The van der Waals surface area contributed by atoms with Crippen LogP contribution in [-0.2, 0) is 12.8 Å². The Morgan fingerprint density at radius 1 is 1.00 bits per heavy atom. The van der Waals surface area contributed by atoms with E-state index in [1.165, 1.54) is 12.1 Å². The number of aliphatic hydroxyl groups is 1. The van der Waals surface area contributed by atoms with E-state index in [0.29, 0.717) is 37.1 Å². The molecule has 1 aliphatic rings. The summed E-state index contributed by atoms with van der Waals surface area (Å²) in [6.45, 7) is 1.28. The molecular weight excluding hydrogens is 296 g/mol. The minimum absolute atomic E-state index is 0.159. The van der Waals surface area contributed by atoms with Gasteiger partial charge in [0, 0.05) is 18.9 Å². The molecule has 1 heterocycles. The molecule has 2 unspecified atom stereocenters. The summed E-state index contributed by atoms with van der Waals surface area (Å²) >= 11 is 0. The molecule has 2 aromatic carbocycles. The molecule has 1 saturated heterocycles. The van der Waals surface area contributed by atoms with E-state index < -0.39 is 5.60 Å². The number of benzene rings is 2. The molecule has 4 heteroatoms. The second kappa shape index (κ2) is 6.77. The zero-order chi connectivity index (χ0) is 16.3. The Morgan fingerprint density at radius 2 is 1.61 bits per heavy atom. The number of piperidine rings is 1. The van der Waals surface area contributed by atoms with Crippen LogP contribution in [0.15, 0.2) is 48.5 Å². The summed E-state index contributed by atoms with van der Waals surface area (Å²) in [4.78, 5) is 0. The van der Waals surface area contributed by atoms with Crippen LogP contribution in [0, 0.1) is 17.6 Å². The lowest BCUT2D eigenvalue weighted by atomic mass is 9.74. The molecule has 122 valence electrons. The predicted octanol–water partition coefficient (Wildman–Crippen LogP) is 3.09. The van der Waals surface area contributed by atoms with Gasteiger partial charge >= 0.3 is 0 Å². The van der Waals surface area contributed by atoms with E-state index in [4.69, 9.17) is 0 Å². The molecule has 0 saturated carbocycles. The average molecular weight is 317 g/mol. The fourth-order valence-corrected chi connectivity index (χ4v) is 3.37. The molecule has 0 amide bonds. The van der Waals surface area contributed by atoms with Gasteiger partial charge in [0.15, 0.2) is 0 Å². The second-order valence-electron chi connectivity index (χ2n) is 6.32. The topological polar surface area (TPSA) is 32.3 Å². The van der Waals surface area contributed by atoms with E-state index in [9.17, 15) is 13.9 Å². The molecule has 1 aliphatic heterocycles. The van der Waals surface area contributed by atoms with Gasteiger partial charge in [0.05, 0.1) is 5.60 Å². The lowest BCUT2D eigenvalue weighted by Crippen LogP contribution is -2.52. The highest BCUT2D eigenvalue weighted by Crippen LogP contribution is 2.32. The summed E-state index contributed by atoms with van der Waals surface area (Å²) in [6.07, 6.45) is 1.21. The molecule has 0 radical (unpaired) electrons. The van der Waals surface area contributed by atoms with Crippen molar-refractivity contribution in [2.45, 2.75) is 24.9 Å². The Morgan fingerprint density at radius 3 is 2.26 bits per heavy atom. The molecule has 3 rings (SSSR count). The Kier molecular flexibility index (Phi) is 4.74. The third-order valence-corrected chi connectivity index (χ3v) is 4.76. The SMILES string of the molecule is OC1(Cc2ccccc2F)CCNCC1Cc1ccccc1F. The van der Waals surface area contributed by atoms with Crippen molar-refractivity contribution >= 4 is 0 Å². The van der Waals surface area contributed by atoms with Crippen LogP contribution in [0.2, 0.25) is 0 Å². The molecule has 0 aromatic heterocycles. The van der Waals surface area contributed by atoms with Gasteiger partial charge in [-0.25, -0.2) is 8.78 Å². The number of nitrogens with one attached hydrogen (secondary N) is 1. The van der Waals surface area contributed by atoms with Crippen LogP contribution in [0.5, 0.6) is 0 Å². The molecule has 0 bridgehead atoms. The largest absolute Gasteiger partial charge is 0.389 e. The van der Waals surface area contributed by atoms with Gasteiger partial charge in [0.25, 0.3) is 0 Å². The fraction of sp³-hybridized carbons (Fsp3) is 0.368. The minimum atomic E-state index is -1.03. The minimum Gasteiger partial charge on any atom is -0.389 e. The third-order valence-electron chi connectivity index (χ3n) is 4.76. The molecular formula is C19H21F2NO. The Bertz CT molecular complexity index is 676. The van der Waals surface area contributed by atoms with Crippen molar-refractivity contribution in [2.24, 2.45) is 5.92 Å². The number of hydrogen-bond acceptors (Lipinski definition) is 2. The van der Waals surface area contributed by atoms with Crippen LogP contribution in [0.1, 0.15) is 17.5 Å². The second-order valence-corrected chi connectivity index (χ2v) is 6.32. The van der Waals surface area contributed by atoms with Crippen molar-refractivity contribution in [1.82, 2.24) is 5.32 Å². The smallest absolute Gasteiger partial charge is 0.126 e. The van der Waals surface area contributed by atoms with Crippen LogP contribution >= 0.6 is 0 Å².